The van der Waals surface area contributed by atoms with Crippen molar-refractivity contribution in [1.29, 1.82) is 0 Å². The molecule has 2 aromatic rings. The lowest BCUT2D eigenvalue weighted by Crippen LogP contribution is -2.53. The molecular weight excluding hydrogens is 420 g/mol. The Kier molecular flexibility index (Phi) is 6.78. The monoisotopic (exact) mass is 452 g/mol. The van der Waals surface area contributed by atoms with Crippen LogP contribution in [0.1, 0.15) is 45.4 Å². The molecule has 1 aromatic heterocycles. The van der Waals surface area contributed by atoms with Crippen molar-refractivity contribution in [3.8, 4) is 0 Å². The van der Waals surface area contributed by atoms with E-state index in [2.05, 4.69) is 21.4 Å². The highest BCUT2D eigenvalue weighted by molar-refractivity contribution is 5.99. The molecular formula is C24H32N6O3. The third kappa shape index (κ3) is 5.24. The van der Waals surface area contributed by atoms with Gasteiger partial charge in [0.2, 0.25) is 5.91 Å². The number of amides is 3. The van der Waals surface area contributed by atoms with E-state index < -0.39 is 11.9 Å². The van der Waals surface area contributed by atoms with Gasteiger partial charge in [0.05, 0.1) is 0 Å². The fraction of sp³-hybridized carbons (Fsp3) is 0.500. The molecule has 1 fully saturated rings. The number of aryl methyl sites for hydroxylation is 2. The molecule has 1 atom stereocenters. The number of benzene rings is 1. The summed E-state index contributed by atoms with van der Waals surface area (Å²) < 4.78 is 1.61. The molecule has 9 nitrogen and oxygen atoms in total. The smallest absolute Gasteiger partial charge is 0.272 e. The Bertz CT molecular complexity index is 1040. The van der Waals surface area contributed by atoms with Gasteiger partial charge in [-0.15, -0.1) is 0 Å². The molecule has 0 aliphatic carbocycles. The molecule has 0 spiro atoms. The average molecular weight is 453 g/mol. The van der Waals surface area contributed by atoms with Crippen LogP contribution in [-0.4, -0.2) is 88.0 Å². The lowest BCUT2D eigenvalue weighted by molar-refractivity contribution is -0.134. The van der Waals surface area contributed by atoms with Crippen LogP contribution in [0.5, 0.6) is 0 Å². The Hall–Kier alpha value is -3.20. The largest absolute Gasteiger partial charge is 0.339 e. The highest BCUT2D eigenvalue weighted by Crippen LogP contribution is 2.17. The zero-order valence-electron chi connectivity index (χ0n) is 19.6. The minimum Gasteiger partial charge on any atom is -0.339 e. The molecule has 1 saturated heterocycles. The number of likely N-dealkylation sites (N-methyl/N-ethyl adjacent to an activating group) is 1. The Morgan fingerprint density at radius 3 is 2.58 bits per heavy atom. The van der Waals surface area contributed by atoms with Crippen LogP contribution in [0.15, 0.2) is 30.3 Å². The number of nitrogens with zero attached hydrogens (tertiary/aromatic N) is 5. The fourth-order valence-electron chi connectivity index (χ4n) is 4.36. The summed E-state index contributed by atoms with van der Waals surface area (Å²) in [6.45, 7) is 8.38. The number of aromatic nitrogens is 2. The van der Waals surface area contributed by atoms with Crippen molar-refractivity contribution >= 4 is 17.7 Å². The molecule has 1 unspecified atom stereocenters. The van der Waals surface area contributed by atoms with Crippen molar-refractivity contribution in [3.05, 3.63) is 52.8 Å². The minimum absolute atomic E-state index is 0.0994. The van der Waals surface area contributed by atoms with Gasteiger partial charge >= 0.3 is 0 Å². The second-order valence-corrected chi connectivity index (χ2v) is 9.03. The predicted molar refractivity (Wildman–Crippen MR) is 124 cm³/mol. The summed E-state index contributed by atoms with van der Waals surface area (Å²) in [4.78, 5) is 44.5. The molecule has 3 heterocycles. The van der Waals surface area contributed by atoms with Gasteiger partial charge in [0.25, 0.3) is 11.8 Å². The first-order valence-electron chi connectivity index (χ1n) is 11.5. The maximum atomic E-state index is 13.2. The van der Waals surface area contributed by atoms with Gasteiger partial charge in [0, 0.05) is 51.9 Å². The third-order valence-electron chi connectivity index (χ3n) is 6.31. The lowest BCUT2D eigenvalue weighted by atomic mass is 10.1. The van der Waals surface area contributed by atoms with Crippen LogP contribution in [-0.2, 0) is 17.9 Å². The van der Waals surface area contributed by atoms with Crippen molar-refractivity contribution in [2.45, 2.75) is 39.4 Å². The van der Waals surface area contributed by atoms with Gasteiger partial charge in [-0.3, -0.25) is 19.1 Å². The molecule has 2 aliphatic heterocycles. The first kappa shape index (κ1) is 23.0. The van der Waals surface area contributed by atoms with Gasteiger partial charge in [-0.25, -0.2) is 0 Å². The molecule has 3 amide bonds. The Morgan fingerprint density at radius 1 is 1.09 bits per heavy atom. The summed E-state index contributed by atoms with van der Waals surface area (Å²) in [6.07, 6.45) is 0.756. The summed E-state index contributed by atoms with van der Waals surface area (Å²) in [5.41, 5.74) is 2.79. The zero-order valence-corrected chi connectivity index (χ0v) is 19.6. The second kappa shape index (κ2) is 9.74. The molecule has 0 radical (unpaired) electrons. The second-order valence-electron chi connectivity index (χ2n) is 9.03. The quantitative estimate of drug-likeness (QED) is 0.735. The summed E-state index contributed by atoms with van der Waals surface area (Å²) in [7, 11) is 2.03. The van der Waals surface area contributed by atoms with Crippen LogP contribution < -0.4 is 5.32 Å². The molecule has 0 bridgehead atoms. The highest BCUT2D eigenvalue weighted by Gasteiger charge is 2.29. The summed E-state index contributed by atoms with van der Waals surface area (Å²) in [6, 6.07) is 9.00. The number of carbonyl (C=O) groups is 3. The number of piperazine rings is 1. The van der Waals surface area contributed by atoms with E-state index in [9.17, 15) is 14.4 Å². The SMILES string of the molecule is Cc1cccc(CN2CCCn3nc(C(=O)NC(C)C(=O)N4CCN(C)CC4)cc3C2=O)c1. The number of rotatable bonds is 5. The first-order chi connectivity index (χ1) is 15.8. The van der Waals surface area contributed by atoms with Crippen molar-refractivity contribution in [3.63, 3.8) is 0 Å². The first-order valence-corrected chi connectivity index (χ1v) is 11.5. The average Bonchev–Trinajstić information content (AvgIpc) is 3.16. The van der Waals surface area contributed by atoms with Crippen LogP contribution in [0.25, 0.3) is 0 Å². The van der Waals surface area contributed by atoms with Gasteiger partial charge in [-0.2, -0.15) is 5.10 Å². The van der Waals surface area contributed by atoms with Crippen LogP contribution in [0.2, 0.25) is 0 Å². The van der Waals surface area contributed by atoms with E-state index in [4.69, 9.17) is 0 Å². The topological polar surface area (TPSA) is 90.8 Å². The van der Waals surface area contributed by atoms with Crippen LogP contribution in [0.3, 0.4) is 0 Å². The van der Waals surface area contributed by atoms with Crippen molar-refractivity contribution in [1.82, 2.24) is 29.8 Å². The van der Waals surface area contributed by atoms with E-state index in [1.807, 2.05) is 32.2 Å². The Balaban J connectivity index is 1.42. The van der Waals surface area contributed by atoms with Crippen molar-refractivity contribution in [2.75, 3.05) is 39.8 Å². The van der Waals surface area contributed by atoms with E-state index in [-0.39, 0.29) is 17.5 Å². The van der Waals surface area contributed by atoms with Crippen LogP contribution >= 0.6 is 0 Å². The third-order valence-corrected chi connectivity index (χ3v) is 6.31. The number of fused-ring (bicyclic) bond motifs is 1. The maximum Gasteiger partial charge on any atom is 0.272 e. The molecule has 176 valence electrons. The molecule has 4 rings (SSSR count). The molecule has 1 aromatic carbocycles. The highest BCUT2D eigenvalue weighted by atomic mass is 16.2. The zero-order chi connectivity index (χ0) is 23.5. The molecule has 1 N–H and O–H groups in total. The van der Waals surface area contributed by atoms with Gasteiger partial charge < -0.3 is 20.0 Å². The molecule has 0 saturated carbocycles. The predicted octanol–water partition coefficient (Wildman–Crippen LogP) is 1.13. The van der Waals surface area contributed by atoms with Crippen molar-refractivity contribution < 1.29 is 14.4 Å². The normalized spacial score (nSPS) is 18.0. The van der Waals surface area contributed by atoms with E-state index in [0.29, 0.717) is 38.4 Å². The molecule has 9 heteroatoms. The fourth-order valence-corrected chi connectivity index (χ4v) is 4.36. The summed E-state index contributed by atoms with van der Waals surface area (Å²) in [5.74, 6) is -0.677. The number of carbonyl (C=O) groups excluding carboxylic acids is 3. The van der Waals surface area contributed by atoms with Crippen LogP contribution in [0.4, 0.5) is 0 Å². The van der Waals surface area contributed by atoms with E-state index >= 15 is 0 Å². The van der Waals surface area contributed by atoms with Crippen molar-refractivity contribution in [2.24, 2.45) is 0 Å². The number of hydrogen-bond donors (Lipinski definition) is 1. The maximum absolute atomic E-state index is 13.2. The number of nitrogens with one attached hydrogen (secondary N) is 1. The van der Waals surface area contributed by atoms with Gasteiger partial charge in [-0.05, 0) is 32.9 Å². The summed E-state index contributed by atoms with van der Waals surface area (Å²) in [5, 5.41) is 7.13. The molecule has 2 aliphatic rings. The Labute approximate surface area is 194 Å². The van der Waals surface area contributed by atoms with Crippen LogP contribution in [0, 0.1) is 6.92 Å². The number of hydrogen-bond acceptors (Lipinski definition) is 5. The van der Waals surface area contributed by atoms with Gasteiger partial charge in [0.15, 0.2) is 5.69 Å². The van der Waals surface area contributed by atoms with E-state index in [1.54, 1.807) is 27.5 Å². The lowest BCUT2D eigenvalue weighted by Gasteiger charge is -2.34. The standard InChI is InChI=1S/C24H32N6O3/c1-17-6-4-7-19(14-17)16-29-8-5-9-30-21(24(29)33)15-20(26-30)22(31)25-18(2)23(32)28-12-10-27(3)11-13-28/h4,6-7,14-15,18H,5,8-13,16H2,1-3H3,(H,25,31). The molecule has 33 heavy (non-hydrogen) atoms. The summed E-state index contributed by atoms with van der Waals surface area (Å²) >= 11 is 0. The van der Waals surface area contributed by atoms with Gasteiger partial charge in [0.1, 0.15) is 11.7 Å². The van der Waals surface area contributed by atoms with Gasteiger partial charge in [-0.1, -0.05) is 29.8 Å². The Morgan fingerprint density at radius 2 is 1.85 bits per heavy atom. The van der Waals surface area contributed by atoms with E-state index in [1.165, 1.54) is 0 Å². The minimum atomic E-state index is -0.657. The van der Waals surface area contributed by atoms with E-state index in [0.717, 1.165) is 30.6 Å².